The van der Waals surface area contributed by atoms with E-state index >= 15 is 0 Å². The number of allylic oxidation sites excluding steroid dienone is 4. The number of hydrogen-bond acceptors (Lipinski definition) is 1. The second-order valence-electron chi connectivity index (χ2n) is 14.4. The molecule has 0 N–H and O–H groups in total. The molecule has 0 saturated heterocycles. The predicted molar refractivity (Wildman–Crippen MR) is 217 cm³/mol. The van der Waals surface area contributed by atoms with Crippen molar-refractivity contribution in [2.24, 2.45) is 0 Å². The molecular weight excluding hydrogens is 617 g/mol. The third-order valence-corrected chi connectivity index (χ3v) is 11.2. The molecular formula is C49H38N2. The minimum Gasteiger partial charge on any atom is -0.310 e. The molecule has 2 aliphatic carbocycles. The van der Waals surface area contributed by atoms with Gasteiger partial charge in [-0.3, -0.25) is 0 Å². The van der Waals surface area contributed by atoms with Gasteiger partial charge in [-0.05, 0) is 100 Å². The topological polar surface area (TPSA) is 8.17 Å². The summed E-state index contributed by atoms with van der Waals surface area (Å²) < 4.78 is 2.45. The molecule has 8 aromatic rings. The Morgan fingerprint density at radius 3 is 2.10 bits per heavy atom. The monoisotopic (exact) mass is 654 g/mol. The minimum absolute atomic E-state index is 0.00121. The molecule has 0 radical (unpaired) electrons. The van der Waals surface area contributed by atoms with Crippen molar-refractivity contribution < 1.29 is 0 Å². The van der Waals surface area contributed by atoms with Crippen LogP contribution < -0.4 is 4.90 Å². The highest BCUT2D eigenvalue weighted by Crippen LogP contribution is 2.50. The largest absolute Gasteiger partial charge is 0.310 e. The summed E-state index contributed by atoms with van der Waals surface area (Å²) >= 11 is 0. The van der Waals surface area contributed by atoms with Crippen LogP contribution in [-0.2, 0) is 5.41 Å². The van der Waals surface area contributed by atoms with Crippen LogP contribution in [0, 0.1) is 0 Å². The first-order valence-electron chi connectivity index (χ1n) is 18.1. The van der Waals surface area contributed by atoms with Crippen LogP contribution in [-0.4, -0.2) is 4.57 Å². The maximum Gasteiger partial charge on any atom is 0.0562 e. The molecule has 0 unspecified atom stereocenters. The lowest BCUT2D eigenvalue weighted by atomic mass is 9.82. The smallest absolute Gasteiger partial charge is 0.0562 e. The van der Waals surface area contributed by atoms with E-state index in [0.29, 0.717) is 0 Å². The Hall–Kier alpha value is -6.12. The molecule has 0 aliphatic heterocycles. The second kappa shape index (κ2) is 11.5. The molecule has 2 nitrogen and oxygen atoms in total. The lowest BCUT2D eigenvalue weighted by Gasteiger charge is -2.28. The van der Waals surface area contributed by atoms with E-state index < -0.39 is 0 Å². The van der Waals surface area contributed by atoms with Gasteiger partial charge < -0.3 is 9.47 Å². The quantitative estimate of drug-likeness (QED) is 0.179. The van der Waals surface area contributed by atoms with E-state index in [0.717, 1.165) is 18.5 Å². The van der Waals surface area contributed by atoms with Crippen molar-refractivity contribution in [3.8, 4) is 22.3 Å². The number of para-hydroxylation sites is 1. The van der Waals surface area contributed by atoms with Crippen molar-refractivity contribution in [1.82, 2.24) is 4.57 Å². The van der Waals surface area contributed by atoms with Crippen LogP contribution in [0.4, 0.5) is 17.1 Å². The number of aromatic nitrogens is 1. The van der Waals surface area contributed by atoms with E-state index in [1.165, 1.54) is 83.0 Å². The number of hydrogen-bond donors (Lipinski definition) is 0. The molecule has 51 heavy (non-hydrogen) atoms. The molecule has 0 fully saturated rings. The molecule has 0 bridgehead atoms. The number of benzene rings is 7. The van der Waals surface area contributed by atoms with Crippen molar-refractivity contribution in [3.05, 3.63) is 181 Å². The van der Waals surface area contributed by atoms with E-state index in [1.807, 2.05) is 0 Å². The van der Waals surface area contributed by atoms with Gasteiger partial charge in [-0.1, -0.05) is 135 Å². The number of rotatable bonds is 5. The van der Waals surface area contributed by atoms with Crippen LogP contribution in [0.25, 0.3) is 60.5 Å². The zero-order valence-electron chi connectivity index (χ0n) is 29.0. The van der Waals surface area contributed by atoms with E-state index in [2.05, 4.69) is 193 Å². The van der Waals surface area contributed by atoms with Crippen molar-refractivity contribution >= 4 is 55.3 Å². The molecule has 1 aromatic heterocycles. The van der Waals surface area contributed by atoms with Crippen LogP contribution in [0.3, 0.4) is 0 Å². The molecule has 0 amide bonds. The summed E-state index contributed by atoms with van der Waals surface area (Å²) in [6.45, 7) is 4.68. The number of anilines is 3. The van der Waals surface area contributed by atoms with Gasteiger partial charge >= 0.3 is 0 Å². The highest BCUT2D eigenvalue weighted by atomic mass is 15.1. The third-order valence-electron chi connectivity index (χ3n) is 11.2. The van der Waals surface area contributed by atoms with E-state index in [9.17, 15) is 0 Å². The second-order valence-corrected chi connectivity index (χ2v) is 14.4. The molecule has 10 rings (SSSR count). The van der Waals surface area contributed by atoms with Crippen LogP contribution in [0.1, 0.15) is 37.8 Å². The van der Waals surface area contributed by atoms with Crippen molar-refractivity contribution in [1.29, 1.82) is 0 Å². The first-order valence-corrected chi connectivity index (χ1v) is 18.1. The fourth-order valence-corrected chi connectivity index (χ4v) is 8.74. The predicted octanol–water partition coefficient (Wildman–Crippen LogP) is 13.6. The van der Waals surface area contributed by atoms with Crippen LogP contribution in [0.2, 0.25) is 0 Å². The first-order chi connectivity index (χ1) is 25.1. The molecule has 0 spiro atoms. The van der Waals surface area contributed by atoms with E-state index in [-0.39, 0.29) is 5.41 Å². The molecule has 244 valence electrons. The van der Waals surface area contributed by atoms with Crippen LogP contribution in [0.5, 0.6) is 0 Å². The van der Waals surface area contributed by atoms with Gasteiger partial charge in [-0.25, -0.2) is 0 Å². The Kier molecular flexibility index (Phi) is 6.69. The molecule has 7 aromatic carbocycles. The maximum atomic E-state index is 2.47. The zero-order chi connectivity index (χ0) is 34.1. The van der Waals surface area contributed by atoms with Gasteiger partial charge in [-0.2, -0.15) is 0 Å². The van der Waals surface area contributed by atoms with E-state index in [1.54, 1.807) is 0 Å². The number of fused-ring (bicyclic) bond motifs is 7. The van der Waals surface area contributed by atoms with Gasteiger partial charge in [0.15, 0.2) is 0 Å². The summed E-state index contributed by atoms with van der Waals surface area (Å²) in [6, 6.07) is 56.1. The third kappa shape index (κ3) is 4.56. The Balaban J connectivity index is 1.17. The van der Waals surface area contributed by atoms with Gasteiger partial charge in [0.1, 0.15) is 0 Å². The highest BCUT2D eigenvalue weighted by molar-refractivity contribution is 6.18. The van der Waals surface area contributed by atoms with Gasteiger partial charge in [0.05, 0.1) is 22.4 Å². The van der Waals surface area contributed by atoms with Crippen molar-refractivity contribution in [3.63, 3.8) is 0 Å². The summed E-state index contributed by atoms with van der Waals surface area (Å²) in [7, 11) is 0. The van der Waals surface area contributed by atoms with Gasteiger partial charge in [0.25, 0.3) is 0 Å². The first kappa shape index (κ1) is 29.8. The molecule has 1 heterocycles. The molecule has 0 saturated carbocycles. The SMILES string of the molecule is CC1(C)c2ccccc2-c2cc(-c3ccc(N(c4cccc5ccccc45)c4cccc5c4c4ccccc4n5C4=CCCC=C4)cc3)ccc21. The van der Waals surface area contributed by atoms with Gasteiger partial charge in [0.2, 0.25) is 0 Å². The van der Waals surface area contributed by atoms with E-state index in [4.69, 9.17) is 0 Å². The molecule has 2 aliphatic rings. The number of nitrogens with zero attached hydrogens (tertiary/aromatic N) is 2. The average molecular weight is 655 g/mol. The van der Waals surface area contributed by atoms with Gasteiger partial charge in [-0.15, -0.1) is 0 Å². The summed E-state index contributed by atoms with van der Waals surface area (Å²) in [5, 5.41) is 4.96. The Morgan fingerprint density at radius 1 is 0.549 bits per heavy atom. The van der Waals surface area contributed by atoms with Crippen molar-refractivity contribution in [2.45, 2.75) is 32.1 Å². The standard InChI is InChI=1S/C49H38N2/c1-49(2)42-21-10-8-19-39(42)41-32-35(28-31-43(41)49)33-26-29-37(30-27-33)51(44-23-12-15-34-14-6-7-18-38(34)44)47-25-13-24-46-48(47)40-20-9-11-22-45(40)50(46)36-16-4-3-5-17-36/h4,6-32H,3,5H2,1-2H3. The maximum absolute atomic E-state index is 2.47. The zero-order valence-corrected chi connectivity index (χ0v) is 29.0. The molecule has 0 atom stereocenters. The van der Waals surface area contributed by atoms with Crippen molar-refractivity contribution in [2.75, 3.05) is 4.90 Å². The summed E-state index contributed by atoms with van der Waals surface area (Å²) in [6.07, 6.45) is 9.10. The highest BCUT2D eigenvalue weighted by Gasteiger charge is 2.35. The summed E-state index contributed by atoms with van der Waals surface area (Å²) in [4.78, 5) is 2.47. The van der Waals surface area contributed by atoms with Gasteiger partial charge in [0, 0.05) is 33.0 Å². The fourth-order valence-electron chi connectivity index (χ4n) is 8.74. The van der Waals surface area contributed by atoms with Crippen LogP contribution in [0.15, 0.2) is 170 Å². The Morgan fingerprint density at radius 2 is 1.24 bits per heavy atom. The molecule has 2 heteroatoms. The minimum atomic E-state index is 0.00121. The summed E-state index contributed by atoms with van der Waals surface area (Å²) in [5.41, 5.74) is 15.1. The Labute approximate surface area is 299 Å². The fraction of sp³-hybridized carbons (Fsp3) is 0.102. The normalized spacial score (nSPS) is 14.5. The average Bonchev–Trinajstić information content (AvgIpc) is 3.64. The summed E-state index contributed by atoms with van der Waals surface area (Å²) in [5.74, 6) is 0. The lowest BCUT2D eigenvalue weighted by Crippen LogP contribution is -2.14. The van der Waals surface area contributed by atoms with Crippen LogP contribution >= 0.6 is 0 Å². The Bertz CT molecular complexity index is 2710. The lowest BCUT2D eigenvalue weighted by molar-refractivity contribution is 0.660.